The second-order valence-electron chi connectivity index (χ2n) is 5.21. The van der Waals surface area contributed by atoms with Gasteiger partial charge in [0.05, 0.1) is 4.90 Å². The Morgan fingerprint density at radius 3 is 1.70 bits per heavy atom. The molecule has 0 bridgehead atoms. The van der Waals surface area contributed by atoms with Crippen molar-refractivity contribution >= 4 is 10.0 Å². The van der Waals surface area contributed by atoms with Gasteiger partial charge in [-0.2, -0.15) is 0 Å². The van der Waals surface area contributed by atoms with E-state index in [0.717, 1.165) is 28.8 Å². The van der Waals surface area contributed by atoms with Gasteiger partial charge in [0.25, 0.3) is 0 Å². The lowest BCUT2D eigenvalue weighted by Crippen LogP contribution is -2.32. The van der Waals surface area contributed by atoms with Crippen LogP contribution in [0.1, 0.15) is 34.7 Å². The van der Waals surface area contributed by atoms with Gasteiger partial charge < -0.3 is 5.32 Å². The Hall–Kier alpha value is -0.910. The predicted octanol–water partition coefficient (Wildman–Crippen LogP) is 2.12. The third kappa shape index (κ3) is 3.40. The van der Waals surface area contributed by atoms with Gasteiger partial charge in [0.15, 0.2) is 0 Å². The van der Waals surface area contributed by atoms with Crippen molar-refractivity contribution in [1.82, 2.24) is 10.0 Å². The molecule has 0 spiro atoms. The highest BCUT2D eigenvalue weighted by molar-refractivity contribution is 7.89. The summed E-state index contributed by atoms with van der Waals surface area (Å²) in [5.74, 6) is 0. The van der Waals surface area contributed by atoms with Crippen molar-refractivity contribution in [3.8, 4) is 0 Å². The number of nitrogens with one attached hydrogen (secondary N) is 2. The van der Waals surface area contributed by atoms with Crippen molar-refractivity contribution in [2.24, 2.45) is 0 Å². The predicted molar refractivity (Wildman–Crippen MR) is 83.9 cm³/mol. The summed E-state index contributed by atoms with van der Waals surface area (Å²) in [5, 5.41) is 3.11. The van der Waals surface area contributed by atoms with Crippen molar-refractivity contribution in [3.63, 3.8) is 0 Å². The largest absolute Gasteiger partial charge is 0.316 e. The monoisotopic (exact) mass is 298 g/mol. The summed E-state index contributed by atoms with van der Waals surface area (Å²) >= 11 is 0. The van der Waals surface area contributed by atoms with Crippen LogP contribution in [-0.4, -0.2) is 28.1 Å². The van der Waals surface area contributed by atoms with Gasteiger partial charge in [-0.15, -0.1) is 0 Å². The minimum absolute atomic E-state index is 0.404. The van der Waals surface area contributed by atoms with Crippen LogP contribution >= 0.6 is 0 Å². The fourth-order valence-electron chi connectivity index (χ4n) is 2.39. The standard InChI is InChI=1S/C15H26N2O2S/c1-7-16-8-9-17-20(18,19)15-13(5)11(3)10(2)12(4)14(15)6/h16-17H,7-9H2,1-6H3. The van der Waals surface area contributed by atoms with Crippen LogP contribution in [-0.2, 0) is 10.0 Å². The van der Waals surface area contributed by atoms with Crippen molar-refractivity contribution in [1.29, 1.82) is 0 Å². The third-order valence-corrected chi connectivity index (χ3v) is 5.78. The first-order valence-corrected chi connectivity index (χ1v) is 8.49. The summed E-state index contributed by atoms with van der Waals surface area (Å²) in [6, 6.07) is 0. The van der Waals surface area contributed by atoms with E-state index in [1.807, 2.05) is 41.5 Å². The number of benzene rings is 1. The molecule has 5 heteroatoms. The van der Waals surface area contributed by atoms with Gasteiger partial charge in [0.2, 0.25) is 10.0 Å². The van der Waals surface area contributed by atoms with Crippen LogP contribution in [0.3, 0.4) is 0 Å². The van der Waals surface area contributed by atoms with Crippen LogP contribution in [0.15, 0.2) is 4.90 Å². The van der Waals surface area contributed by atoms with E-state index < -0.39 is 10.0 Å². The highest BCUT2D eigenvalue weighted by Gasteiger charge is 2.22. The first-order valence-electron chi connectivity index (χ1n) is 7.01. The minimum Gasteiger partial charge on any atom is -0.316 e. The molecule has 0 fully saturated rings. The normalized spacial score (nSPS) is 11.9. The molecule has 0 aliphatic carbocycles. The van der Waals surface area contributed by atoms with E-state index in [1.54, 1.807) is 0 Å². The van der Waals surface area contributed by atoms with Gasteiger partial charge in [-0.3, -0.25) is 0 Å². The maximum Gasteiger partial charge on any atom is 0.241 e. The van der Waals surface area contributed by atoms with E-state index in [0.29, 0.717) is 18.0 Å². The summed E-state index contributed by atoms with van der Waals surface area (Å²) in [4.78, 5) is 0.439. The van der Waals surface area contributed by atoms with Crippen LogP contribution in [0.2, 0.25) is 0 Å². The Morgan fingerprint density at radius 1 is 0.800 bits per heavy atom. The molecule has 0 unspecified atom stereocenters. The number of hydrogen-bond acceptors (Lipinski definition) is 3. The molecule has 0 atom stereocenters. The summed E-state index contributed by atoms with van der Waals surface area (Å²) in [6.07, 6.45) is 0. The fraction of sp³-hybridized carbons (Fsp3) is 0.600. The maximum absolute atomic E-state index is 12.5. The molecule has 0 aliphatic rings. The Balaban J connectivity index is 3.19. The summed E-state index contributed by atoms with van der Waals surface area (Å²) < 4.78 is 27.7. The molecule has 20 heavy (non-hydrogen) atoms. The maximum atomic E-state index is 12.5. The van der Waals surface area contributed by atoms with E-state index in [2.05, 4.69) is 10.0 Å². The van der Waals surface area contributed by atoms with Gasteiger partial charge in [-0.25, -0.2) is 13.1 Å². The van der Waals surface area contributed by atoms with Crippen LogP contribution in [0.5, 0.6) is 0 Å². The van der Waals surface area contributed by atoms with Gasteiger partial charge in [0.1, 0.15) is 0 Å². The zero-order chi connectivity index (χ0) is 15.5. The highest BCUT2D eigenvalue weighted by atomic mass is 32.2. The van der Waals surface area contributed by atoms with E-state index >= 15 is 0 Å². The SMILES string of the molecule is CCNCCNS(=O)(=O)c1c(C)c(C)c(C)c(C)c1C. The number of rotatable bonds is 6. The first kappa shape index (κ1) is 17.1. The van der Waals surface area contributed by atoms with Crippen LogP contribution in [0.25, 0.3) is 0 Å². The van der Waals surface area contributed by atoms with Gasteiger partial charge in [-0.05, 0) is 69.0 Å². The molecular formula is C15H26N2O2S. The molecule has 1 rings (SSSR count). The molecule has 0 heterocycles. The van der Waals surface area contributed by atoms with Crippen LogP contribution in [0, 0.1) is 34.6 Å². The van der Waals surface area contributed by atoms with Crippen molar-refractivity contribution in [3.05, 3.63) is 27.8 Å². The molecule has 4 nitrogen and oxygen atoms in total. The first-order chi connectivity index (χ1) is 9.24. The molecule has 2 N–H and O–H groups in total. The molecule has 0 saturated heterocycles. The van der Waals surface area contributed by atoms with Crippen molar-refractivity contribution in [2.75, 3.05) is 19.6 Å². The lowest BCUT2D eigenvalue weighted by Gasteiger charge is -2.19. The van der Waals surface area contributed by atoms with E-state index in [1.165, 1.54) is 5.56 Å². The molecule has 0 radical (unpaired) electrons. The summed E-state index contributed by atoms with van der Waals surface area (Å²) in [6.45, 7) is 13.6. The van der Waals surface area contributed by atoms with Crippen molar-refractivity contribution < 1.29 is 8.42 Å². The van der Waals surface area contributed by atoms with Crippen molar-refractivity contribution in [2.45, 2.75) is 46.4 Å². The number of likely N-dealkylation sites (N-methyl/N-ethyl adjacent to an activating group) is 1. The van der Waals surface area contributed by atoms with Crippen LogP contribution < -0.4 is 10.0 Å². The lowest BCUT2D eigenvalue weighted by atomic mass is 9.95. The highest BCUT2D eigenvalue weighted by Crippen LogP contribution is 2.29. The Labute approximate surface area is 123 Å². The molecular weight excluding hydrogens is 272 g/mol. The van der Waals surface area contributed by atoms with E-state index in [-0.39, 0.29) is 0 Å². The zero-order valence-electron chi connectivity index (χ0n) is 13.3. The second kappa shape index (κ2) is 6.70. The molecule has 0 aromatic heterocycles. The molecule has 114 valence electrons. The Kier molecular flexibility index (Phi) is 5.74. The van der Waals surface area contributed by atoms with Crippen LogP contribution in [0.4, 0.5) is 0 Å². The Bertz CT molecular complexity index is 563. The summed E-state index contributed by atoms with van der Waals surface area (Å²) in [5.41, 5.74) is 4.98. The molecule has 1 aromatic carbocycles. The topological polar surface area (TPSA) is 58.2 Å². The van der Waals surface area contributed by atoms with E-state index in [4.69, 9.17) is 0 Å². The average molecular weight is 298 g/mol. The Morgan fingerprint density at radius 2 is 1.25 bits per heavy atom. The minimum atomic E-state index is -3.45. The molecule has 0 aliphatic heterocycles. The number of sulfonamides is 1. The zero-order valence-corrected chi connectivity index (χ0v) is 14.2. The molecule has 1 aromatic rings. The quantitative estimate of drug-likeness (QED) is 0.791. The van der Waals surface area contributed by atoms with Gasteiger partial charge >= 0.3 is 0 Å². The second-order valence-corrected chi connectivity index (χ2v) is 6.91. The molecule has 0 saturated carbocycles. The van der Waals surface area contributed by atoms with Gasteiger partial charge in [0, 0.05) is 13.1 Å². The lowest BCUT2D eigenvalue weighted by molar-refractivity contribution is 0.576. The average Bonchev–Trinajstić information content (AvgIpc) is 2.39. The number of hydrogen-bond donors (Lipinski definition) is 2. The third-order valence-electron chi connectivity index (χ3n) is 4.04. The molecule has 0 amide bonds. The summed E-state index contributed by atoms with van der Waals surface area (Å²) in [7, 11) is -3.45. The van der Waals surface area contributed by atoms with Gasteiger partial charge in [-0.1, -0.05) is 6.92 Å². The smallest absolute Gasteiger partial charge is 0.241 e. The fourth-order valence-corrected chi connectivity index (χ4v) is 4.02. The van der Waals surface area contributed by atoms with E-state index in [9.17, 15) is 8.42 Å².